The molecule has 8 heteroatoms. The van der Waals surface area contributed by atoms with Gasteiger partial charge in [-0.25, -0.2) is 0 Å². The third-order valence-corrected chi connectivity index (χ3v) is 9.33. The molecule has 1 N–H and O–H groups in total. The van der Waals surface area contributed by atoms with E-state index in [1.54, 1.807) is 29.5 Å². The first kappa shape index (κ1) is 26.6. The van der Waals surface area contributed by atoms with Crippen LogP contribution in [-0.2, 0) is 19.7 Å². The Kier molecular flexibility index (Phi) is 8.07. The summed E-state index contributed by atoms with van der Waals surface area (Å²) in [6.07, 6.45) is 8.08. The van der Waals surface area contributed by atoms with Gasteiger partial charge in [0.1, 0.15) is 11.4 Å². The molecule has 2 heterocycles. The average Bonchev–Trinajstić information content (AvgIpc) is 3.26. The Morgan fingerprint density at radius 1 is 1.36 bits per heavy atom. The Bertz CT molecular complexity index is 1160. The predicted molar refractivity (Wildman–Crippen MR) is 147 cm³/mol. The van der Waals surface area contributed by atoms with E-state index in [0.29, 0.717) is 25.9 Å². The fourth-order valence-corrected chi connectivity index (χ4v) is 7.34. The first-order chi connectivity index (χ1) is 17.2. The van der Waals surface area contributed by atoms with Crippen LogP contribution < -0.4 is 0 Å². The van der Waals surface area contributed by atoms with Gasteiger partial charge in [-0.3, -0.25) is 14.5 Å². The van der Waals surface area contributed by atoms with Crippen LogP contribution >= 0.6 is 27.3 Å². The minimum Gasteiger partial charge on any atom is -0.508 e. The van der Waals surface area contributed by atoms with Crippen molar-refractivity contribution in [1.29, 1.82) is 0 Å². The number of phenolic OH excluding ortho intramolecular Hbond substituents is 1. The number of esters is 1. The zero-order chi connectivity index (χ0) is 25.9. The van der Waals surface area contributed by atoms with E-state index < -0.39 is 11.0 Å². The highest BCUT2D eigenvalue weighted by atomic mass is 79.9. The van der Waals surface area contributed by atoms with Crippen LogP contribution in [0.15, 0.2) is 58.9 Å². The van der Waals surface area contributed by atoms with Crippen LogP contribution in [0.1, 0.15) is 43.0 Å². The topological polar surface area (TPSA) is 70.1 Å². The number of piperidine rings is 1. The lowest BCUT2D eigenvalue weighted by molar-refractivity contribution is -0.189. The maximum absolute atomic E-state index is 13.2. The van der Waals surface area contributed by atoms with Gasteiger partial charge in [-0.1, -0.05) is 18.2 Å². The second-order valence-electron chi connectivity index (χ2n) is 9.84. The van der Waals surface area contributed by atoms with Crippen LogP contribution in [0.2, 0.25) is 0 Å². The Morgan fingerprint density at radius 3 is 2.83 bits per heavy atom. The standard InChI is InChI=1S/C28H33BrN2O4S/c1-4-13-31-14-12-27(21-6-5-7-24(33)15-21)17-23(10-11-28(27,19-31)35-20(2)32)30(3)26(34)9-8-25-16-22(29)18-36-25/h4-9,15-16,18,23,33H,1,10-14,17,19H2,2-3H3/b9-8+/t23-,27-,28-/m0/s1. The smallest absolute Gasteiger partial charge is 0.303 e. The van der Waals surface area contributed by atoms with E-state index in [1.807, 2.05) is 47.7 Å². The molecule has 6 nitrogen and oxygen atoms in total. The molecule has 0 radical (unpaired) electrons. The highest BCUT2D eigenvalue weighted by molar-refractivity contribution is 9.10. The van der Waals surface area contributed by atoms with Gasteiger partial charge < -0.3 is 14.7 Å². The number of ether oxygens (including phenoxy) is 1. The summed E-state index contributed by atoms with van der Waals surface area (Å²) in [5.74, 6) is -0.184. The number of thiophene rings is 1. The number of carbonyl (C=O) groups is 2. The van der Waals surface area contributed by atoms with Crippen molar-refractivity contribution in [3.8, 4) is 5.75 Å². The number of likely N-dealkylation sites (N-methyl/N-ethyl adjacent to an activating group) is 1. The molecule has 2 aliphatic rings. The van der Waals surface area contributed by atoms with Gasteiger partial charge in [0, 0.05) is 59.3 Å². The molecule has 1 aromatic carbocycles. The molecule has 2 aromatic rings. The van der Waals surface area contributed by atoms with E-state index in [1.165, 1.54) is 6.92 Å². The van der Waals surface area contributed by atoms with Crippen molar-refractivity contribution in [3.63, 3.8) is 0 Å². The molecule has 4 rings (SSSR count). The summed E-state index contributed by atoms with van der Waals surface area (Å²) in [7, 11) is 1.85. The van der Waals surface area contributed by atoms with Crippen molar-refractivity contribution in [2.24, 2.45) is 0 Å². The van der Waals surface area contributed by atoms with E-state index in [0.717, 1.165) is 34.3 Å². The number of hydrogen-bond acceptors (Lipinski definition) is 6. The van der Waals surface area contributed by atoms with E-state index in [-0.39, 0.29) is 23.7 Å². The molecule has 0 bridgehead atoms. The van der Waals surface area contributed by atoms with Crippen LogP contribution in [0.4, 0.5) is 0 Å². The lowest BCUT2D eigenvalue weighted by Crippen LogP contribution is -2.68. The van der Waals surface area contributed by atoms with Crippen LogP contribution in [0, 0.1) is 0 Å². The number of carbonyl (C=O) groups excluding carboxylic acids is 2. The summed E-state index contributed by atoms with van der Waals surface area (Å²) in [6.45, 7) is 7.46. The molecule has 1 amide bonds. The van der Waals surface area contributed by atoms with Crippen molar-refractivity contribution in [3.05, 3.63) is 69.4 Å². The molecule has 192 valence electrons. The van der Waals surface area contributed by atoms with E-state index in [9.17, 15) is 14.7 Å². The monoisotopic (exact) mass is 572 g/mol. The fraction of sp³-hybridized carbons (Fsp3) is 0.429. The van der Waals surface area contributed by atoms with E-state index in [4.69, 9.17) is 4.74 Å². The normalized spacial score (nSPS) is 26.4. The molecule has 1 aliphatic carbocycles. The highest BCUT2D eigenvalue weighted by Gasteiger charge is 2.61. The summed E-state index contributed by atoms with van der Waals surface area (Å²) in [5.41, 5.74) is -0.339. The Balaban J connectivity index is 1.68. The number of benzene rings is 1. The zero-order valence-electron chi connectivity index (χ0n) is 20.8. The average molecular weight is 574 g/mol. The number of phenols is 1. The number of rotatable bonds is 7. The Hall–Kier alpha value is -2.42. The zero-order valence-corrected chi connectivity index (χ0v) is 23.2. The minimum atomic E-state index is -0.757. The summed E-state index contributed by atoms with van der Waals surface area (Å²) in [6, 6.07) is 9.25. The SMILES string of the molecule is C=CCN1CC[C@@]2(c3cccc(O)c3)C[C@@H](N(C)C(=O)/C=C/c3cc(Br)cs3)CC[C@]2(OC(C)=O)C1. The number of aromatic hydroxyl groups is 1. The van der Waals surface area contributed by atoms with Gasteiger partial charge in [0.2, 0.25) is 5.91 Å². The Morgan fingerprint density at radius 2 is 2.17 bits per heavy atom. The number of nitrogens with zero attached hydrogens (tertiary/aromatic N) is 2. The van der Waals surface area contributed by atoms with Gasteiger partial charge in [0.15, 0.2) is 0 Å². The maximum Gasteiger partial charge on any atom is 0.303 e. The molecule has 1 saturated carbocycles. The van der Waals surface area contributed by atoms with Crippen LogP contribution in [-0.4, -0.2) is 65.1 Å². The third-order valence-electron chi connectivity index (χ3n) is 7.67. The van der Waals surface area contributed by atoms with Crippen LogP contribution in [0.5, 0.6) is 5.75 Å². The van der Waals surface area contributed by atoms with Gasteiger partial charge in [0.05, 0.1) is 0 Å². The molecule has 1 aliphatic heterocycles. The predicted octanol–water partition coefficient (Wildman–Crippen LogP) is 5.37. The molecule has 1 saturated heterocycles. The molecule has 3 atom stereocenters. The number of fused-ring (bicyclic) bond motifs is 1. The largest absolute Gasteiger partial charge is 0.508 e. The number of hydrogen-bond donors (Lipinski definition) is 1. The summed E-state index contributed by atoms with van der Waals surface area (Å²) < 4.78 is 7.23. The molecule has 1 aromatic heterocycles. The van der Waals surface area contributed by atoms with Crippen molar-refractivity contribution < 1.29 is 19.4 Å². The number of amides is 1. The lowest BCUT2D eigenvalue weighted by atomic mass is 9.55. The maximum atomic E-state index is 13.2. The van der Waals surface area contributed by atoms with Gasteiger partial charge in [0.25, 0.3) is 0 Å². The molecule has 36 heavy (non-hydrogen) atoms. The number of halogens is 1. The number of likely N-dealkylation sites (tertiary alicyclic amines) is 1. The van der Waals surface area contributed by atoms with Crippen molar-refractivity contribution in [2.45, 2.75) is 49.7 Å². The highest BCUT2D eigenvalue weighted by Crippen LogP contribution is 2.54. The lowest BCUT2D eigenvalue weighted by Gasteiger charge is -2.60. The van der Waals surface area contributed by atoms with E-state index >= 15 is 0 Å². The molecule has 0 spiro atoms. The van der Waals surface area contributed by atoms with Gasteiger partial charge in [-0.05, 0) is 78.0 Å². The van der Waals surface area contributed by atoms with Crippen LogP contribution in [0.3, 0.4) is 0 Å². The summed E-state index contributed by atoms with van der Waals surface area (Å²) in [4.78, 5) is 30.7. The first-order valence-corrected chi connectivity index (χ1v) is 13.9. The summed E-state index contributed by atoms with van der Waals surface area (Å²) >= 11 is 5.02. The second kappa shape index (κ2) is 10.9. The molecular formula is C28H33BrN2O4S. The summed E-state index contributed by atoms with van der Waals surface area (Å²) in [5, 5.41) is 12.4. The van der Waals surface area contributed by atoms with Gasteiger partial charge in [-0.2, -0.15) is 0 Å². The van der Waals surface area contributed by atoms with Gasteiger partial charge in [-0.15, -0.1) is 17.9 Å². The molecule has 0 unspecified atom stereocenters. The van der Waals surface area contributed by atoms with Crippen molar-refractivity contribution in [1.82, 2.24) is 9.80 Å². The quantitative estimate of drug-likeness (QED) is 0.274. The first-order valence-electron chi connectivity index (χ1n) is 12.2. The van der Waals surface area contributed by atoms with Crippen molar-refractivity contribution >= 4 is 45.2 Å². The minimum absolute atomic E-state index is 0.0331. The fourth-order valence-electron chi connectivity index (χ4n) is 6.00. The van der Waals surface area contributed by atoms with Gasteiger partial charge >= 0.3 is 5.97 Å². The van der Waals surface area contributed by atoms with E-state index in [2.05, 4.69) is 27.4 Å². The third kappa shape index (κ3) is 5.31. The van der Waals surface area contributed by atoms with Crippen molar-refractivity contribution in [2.75, 3.05) is 26.7 Å². The Labute approximate surface area is 225 Å². The second-order valence-corrected chi connectivity index (χ2v) is 11.7. The van der Waals surface area contributed by atoms with Crippen LogP contribution in [0.25, 0.3) is 6.08 Å². The molecular weight excluding hydrogens is 540 g/mol. The molecule has 2 fully saturated rings.